The highest BCUT2D eigenvalue weighted by molar-refractivity contribution is 7.45. The number of phosphoric acid groups is 1. The maximum atomic E-state index is 12.8. The molecule has 306 valence electrons. The maximum absolute atomic E-state index is 12.8. The molecule has 0 aromatic heterocycles. The Kier molecular flexibility index (Phi) is 36.1. The summed E-state index contributed by atoms with van der Waals surface area (Å²) in [5, 5.41) is 2.96. The predicted molar refractivity (Wildman–Crippen MR) is 215 cm³/mol. The van der Waals surface area contributed by atoms with E-state index >= 15 is 0 Å². The lowest BCUT2D eigenvalue weighted by Crippen LogP contribution is -2.42. The molecule has 0 aromatic carbocycles. The number of likely N-dealkylation sites (N-methyl/N-ethyl adjacent to an activating group) is 1. The van der Waals surface area contributed by atoms with E-state index in [1.165, 1.54) is 154 Å². The number of nitrogens with one attached hydrogen (secondary N) is 1. The van der Waals surface area contributed by atoms with E-state index < -0.39 is 13.9 Å². The molecular formula is C42H87N2O6P. The highest BCUT2D eigenvalue weighted by Crippen LogP contribution is 2.38. The number of carbonyl (C=O) groups is 1. The van der Waals surface area contributed by atoms with Gasteiger partial charge in [0.2, 0.25) is 5.91 Å². The van der Waals surface area contributed by atoms with Crippen molar-refractivity contribution in [1.82, 2.24) is 5.32 Å². The molecule has 1 amide bonds. The lowest BCUT2D eigenvalue weighted by molar-refractivity contribution is -0.870. The fourth-order valence-corrected chi connectivity index (χ4v) is 7.10. The van der Waals surface area contributed by atoms with Gasteiger partial charge in [0.25, 0.3) is 7.82 Å². The van der Waals surface area contributed by atoms with Gasteiger partial charge in [-0.3, -0.25) is 9.36 Å². The average Bonchev–Trinajstić information content (AvgIpc) is 3.08. The molecule has 0 aliphatic heterocycles. The SMILES string of the molecule is CCCCCCCCCCCCCCCCCCOC[C@H](COP(=O)([O-])OCC[N+](C)(C)C)NC(=O)CCCCCCCCCCCCCCC. The van der Waals surface area contributed by atoms with Gasteiger partial charge in [0, 0.05) is 13.0 Å². The second kappa shape index (κ2) is 36.5. The van der Waals surface area contributed by atoms with Gasteiger partial charge in [0.05, 0.1) is 40.4 Å². The third kappa shape index (κ3) is 40.5. The summed E-state index contributed by atoms with van der Waals surface area (Å²) >= 11 is 0. The largest absolute Gasteiger partial charge is 0.756 e. The molecule has 0 radical (unpaired) electrons. The van der Waals surface area contributed by atoms with Crippen molar-refractivity contribution in [2.24, 2.45) is 0 Å². The summed E-state index contributed by atoms with van der Waals surface area (Å²) in [5.41, 5.74) is 0. The molecule has 0 heterocycles. The molecule has 0 aliphatic rings. The first-order valence-electron chi connectivity index (χ1n) is 21.9. The van der Waals surface area contributed by atoms with Crippen LogP contribution in [0.15, 0.2) is 0 Å². The monoisotopic (exact) mass is 747 g/mol. The number of ether oxygens (including phenoxy) is 1. The van der Waals surface area contributed by atoms with Gasteiger partial charge in [-0.05, 0) is 12.8 Å². The van der Waals surface area contributed by atoms with E-state index in [1.54, 1.807) is 0 Å². The van der Waals surface area contributed by atoms with Gasteiger partial charge < -0.3 is 28.5 Å². The molecule has 51 heavy (non-hydrogen) atoms. The average molecular weight is 747 g/mol. The Balaban J connectivity index is 4.18. The summed E-state index contributed by atoms with van der Waals surface area (Å²) in [7, 11) is 1.44. The van der Waals surface area contributed by atoms with Gasteiger partial charge in [-0.15, -0.1) is 0 Å². The summed E-state index contributed by atoms with van der Waals surface area (Å²) in [6.07, 6.45) is 38.0. The number of unbranched alkanes of at least 4 members (excludes halogenated alkanes) is 27. The molecule has 0 fully saturated rings. The minimum atomic E-state index is -4.47. The van der Waals surface area contributed by atoms with E-state index in [9.17, 15) is 14.3 Å². The Morgan fingerprint density at radius 3 is 1.31 bits per heavy atom. The van der Waals surface area contributed by atoms with Gasteiger partial charge in [-0.2, -0.15) is 0 Å². The van der Waals surface area contributed by atoms with Crippen LogP contribution in [-0.2, 0) is 23.1 Å². The first-order valence-corrected chi connectivity index (χ1v) is 23.3. The molecule has 0 aromatic rings. The second-order valence-electron chi connectivity index (χ2n) is 16.2. The Morgan fingerprint density at radius 1 is 0.549 bits per heavy atom. The summed E-state index contributed by atoms with van der Waals surface area (Å²) in [5.74, 6) is -0.0793. The molecule has 0 saturated heterocycles. The molecule has 1 unspecified atom stereocenters. The number of nitrogens with zero attached hydrogens (tertiary/aromatic N) is 1. The summed E-state index contributed by atoms with van der Waals surface area (Å²) < 4.78 is 29.1. The van der Waals surface area contributed by atoms with Crippen molar-refractivity contribution in [2.75, 3.05) is 54.1 Å². The van der Waals surface area contributed by atoms with Crippen LogP contribution >= 0.6 is 7.82 Å². The van der Waals surface area contributed by atoms with Gasteiger partial charge in [0.1, 0.15) is 13.2 Å². The van der Waals surface area contributed by atoms with Crippen molar-refractivity contribution >= 4 is 13.7 Å². The number of quaternary nitrogens is 1. The van der Waals surface area contributed by atoms with Crippen LogP contribution in [-0.4, -0.2) is 70.5 Å². The zero-order valence-corrected chi connectivity index (χ0v) is 35.6. The number of rotatable bonds is 41. The van der Waals surface area contributed by atoms with E-state index in [4.69, 9.17) is 13.8 Å². The van der Waals surface area contributed by atoms with Crippen LogP contribution in [0.2, 0.25) is 0 Å². The summed E-state index contributed by atoms with van der Waals surface area (Å²) in [4.78, 5) is 25.1. The van der Waals surface area contributed by atoms with E-state index in [1.807, 2.05) is 21.1 Å². The zero-order valence-electron chi connectivity index (χ0n) is 34.7. The minimum absolute atomic E-state index is 0.0517. The highest BCUT2D eigenvalue weighted by Gasteiger charge is 2.19. The van der Waals surface area contributed by atoms with Crippen LogP contribution in [0.1, 0.15) is 206 Å². The third-order valence-electron chi connectivity index (χ3n) is 9.78. The molecule has 8 nitrogen and oxygen atoms in total. The lowest BCUT2D eigenvalue weighted by Gasteiger charge is -2.28. The Hall–Kier alpha value is -0.500. The quantitative estimate of drug-likeness (QED) is 0.0380. The van der Waals surface area contributed by atoms with Crippen LogP contribution in [0.25, 0.3) is 0 Å². The van der Waals surface area contributed by atoms with Crippen LogP contribution < -0.4 is 10.2 Å². The molecular weight excluding hydrogens is 659 g/mol. The van der Waals surface area contributed by atoms with Crippen LogP contribution in [0, 0.1) is 0 Å². The van der Waals surface area contributed by atoms with Crippen molar-refractivity contribution < 1.29 is 32.5 Å². The molecule has 0 bridgehead atoms. The standard InChI is InChI=1S/C42H87N2O6P/c1-6-8-10-12-14-16-18-20-21-22-24-26-28-30-32-34-37-48-39-41(40-50-51(46,47)49-38-36-44(3,4)5)43-42(45)35-33-31-29-27-25-23-19-17-15-13-11-9-7-2/h41H,6-40H2,1-5H3,(H-,43,45,46,47)/t41-/m1/s1. The van der Waals surface area contributed by atoms with Crippen LogP contribution in [0.4, 0.5) is 0 Å². The normalized spacial score (nSPS) is 13.8. The van der Waals surface area contributed by atoms with Crippen LogP contribution in [0.3, 0.4) is 0 Å². The fourth-order valence-electron chi connectivity index (χ4n) is 6.36. The number of hydrogen-bond acceptors (Lipinski definition) is 6. The molecule has 1 N–H and O–H groups in total. The Morgan fingerprint density at radius 2 is 0.922 bits per heavy atom. The smallest absolute Gasteiger partial charge is 0.268 e. The summed E-state index contributed by atoms with van der Waals surface area (Å²) in [6.45, 7) is 5.76. The Labute approximate surface area is 317 Å². The number of amides is 1. The maximum Gasteiger partial charge on any atom is 0.268 e. The van der Waals surface area contributed by atoms with E-state index in [-0.39, 0.29) is 25.7 Å². The topological polar surface area (TPSA) is 96.9 Å². The highest BCUT2D eigenvalue weighted by atomic mass is 31.2. The first-order chi connectivity index (χ1) is 24.6. The van der Waals surface area contributed by atoms with Crippen LogP contribution in [0.5, 0.6) is 0 Å². The number of phosphoric ester groups is 1. The number of hydrogen-bond donors (Lipinski definition) is 1. The van der Waals surface area contributed by atoms with Crippen molar-refractivity contribution in [3.63, 3.8) is 0 Å². The minimum Gasteiger partial charge on any atom is -0.756 e. The Bertz CT molecular complexity index is 794. The van der Waals surface area contributed by atoms with Gasteiger partial charge >= 0.3 is 0 Å². The first kappa shape index (κ1) is 50.5. The van der Waals surface area contributed by atoms with Crippen molar-refractivity contribution in [3.8, 4) is 0 Å². The lowest BCUT2D eigenvalue weighted by atomic mass is 10.0. The second-order valence-corrected chi connectivity index (χ2v) is 17.6. The fraction of sp³-hybridized carbons (Fsp3) is 0.976. The molecule has 0 rings (SSSR count). The van der Waals surface area contributed by atoms with E-state index in [2.05, 4.69) is 19.2 Å². The third-order valence-corrected chi connectivity index (χ3v) is 10.7. The van der Waals surface area contributed by atoms with Gasteiger partial charge in [-0.25, -0.2) is 0 Å². The van der Waals surface area contributed by atoms with E-state index in [0.717, 1.165) is 32.1 Å². The van der Waals surface area contributed by atoms with E-state index in [0.29, 0.717) is 24.1 Å². The van der Waals surface area contributed by atoms with Crippen molar-refractivity contribution in [2.45, 2.75) is 213 Å². The predicted octanol–water partition coefficient (Wildman–Crippen LogP) is 11.4. The van der Waals surface area contributed by atoms with Gasteiger partial charge in [-0.1, -0.05) is 187 Å². The van der Waals surface area contributed by atoms with Crippen molar-refractivity contribution in [3.05, 3.63) is 0 Å². The number of carbonyl (C=O) groups excluding carboxylic acids is 1. The zero-order chi connectivity index (χ0) is 37.7. The molecule has 9 heteroatoms. The molecule has 0 saturated carbocycles. The molecule has 2 atom stereocenters. The molecule has 0 aliphatic carbocycles. The van der Waals surface area contributed by atoms with Crippen molar-refractivity contribution in [1.29, 1.82) is 0 Å². The summed E-state index contributed by atoms with van der Waals surface area (Å²) in [6, 6.07) is -0.537. The van der Waals surface area contributed by atoms with Gasteiger partial charge in [0.15, 0.2) is 0 Å². The molecule has 0 spiro atoms.